The van der Waals surface area contributed by atoms with Gasteiger partial charge in [0.05, 0.1) is 12.3 Å². The average molecular weight is 301 g/mol. The smallest absolute Gasteiger partial charge is 0.320 e. The van der Waals surface area contributed by atoms with Crippen LogP contribution >= 0.6 is 0 Å². The van der Waals surface area contributed by atoms with E-state index >= 15 is 0 Å². The number of piperazine rings is 1. The van der Waals surface area contributed by atoms with E-state index in [1.54, 1.807) is 0 Å². The van der Waals surface area contributed by atoms with Crippen LogP contribution in [0.25, 0.3) is 0 Å². The molecule has 114 valence electrons. The minimum absolute atomic E-state index is 0.0351. The Bertz CT molecular complexity index is 487. The summed E-state index contributed by atoms with van der Waals surface area (Å²) in [6.07, 6.45) is 7.12. The van der Waals surface area contributed by atoms with Crippen molar-refractivity contribution in [2.75, 3.05) is 32.4 Å². The molecule has 2 saturated heterocycles. The van der Waals surface area contributed by atoms with Crippen LogP contribution in [0.2, 0.25) is 0 Å². The number of nitrogens with zero attached hydrogens (tertiary/aromatic N) is 3. The molecule has 7 heteroatoms. The van der Waals surface area contributed by atoms with E-state index in [0.717, 1.165) is 12.8 Å². The Morgan fingerprint density at radius 1 is 0.950 bits per heavy atom. The number of amides is 2. The van der Waals surface area contributed by atoms with Gasteiger partial charge in [-0.25, -0.2) is 13.2 Å². The van der Waals surface area contributed by atoms with Gasteiger partial charge in [0.1, 0.15) is 0 Å². The Morgan fingerprint density at radius 2 is 1.65 bits per heavy atom. The third kappa shape index (κ3) is 2.53. The minimum atomic E-state index is -3.15. The molecule has 0 aromatic carbocycles. The van der Waals surface area contributed by atoms with Crippen LogP contribution in [0, 0.1) is 0 Å². The highest BCUT2D eigenvalue weighted by atomic mass is 32.2. The number of carbonyl (C=O) groups is 1. The van der Waals surface area contributed by atoms with Crippen molar-refractivity contribution < 1.29 is 13.2 Å². The first-order valence-electron chi connectivity index (χ1n) is 7.49. The van der Waals surface area contributed by atoms with Crippen molar-refractivity contribution in [2.45, 2.75) is 44.2 Å². The molecule has 0 bridgehead atoms. The lowest BCUT2D eigenvalue weighted by Gasteiger charge is -2.34. The highest BCUT2D eigenvalue weighted by molar-refractivity contribution is 7.88. The first-order chi connectivity index (χ1) is 9.47. The van der Waals surface area contributed by atoms with Gasteiger partial charge in [0.15, 0.2) is 0 Å². The van der Waals surface area contributed by atoms with Gasteiger partial charge in [-0.3, -0.25) is 0 Å². The molecule has 0 aromatic rings. The van der Waals surface area contributed by atoms with E-state index in [4.69, 9.17) is 0 Å². The van der Waals surface area contributed by atoms with Crippen LogP contribution in [0.4, 0.5) is 4.79 Å². The van der Waals surface area contributed by atoms with Gasteiger partial charge < -0.3 is 9.80 Å². The molecular weight excluding hydrogens is 278 g/mol. The van der Waals surface area contributed by atoms with Crippen molar-refractivity contribution in [1.29, 1.82) is 0 Å². The molecular formula is C13H23N3O3S. The number of hydrogen-bond acceptors (Lipinski definition) is 3. The molecule has 2 amide bonds. The molecule has 1 aliphatic carbocycles. The van der Waals surface area contributed by atoms with Gasteiger partial charge in [-0.2, -0.15) is 4.31 Å². The van der Waals surface area contributed by atoms with Crippen molar-refractivity contribution in [3.8, 4) is 0 Å². The molecule has 1 atom stereocenters. The third-order valence-electron chi connectivity index (χ3n) is 4.83. The van der Waals surface area contributed by atoms with Crippen LogP contribution in [0.3, 0.4) is 0 Å². The fourth-order valence-corrected chi connectivity index (χ4v) is 4.56. The molecule has 0 radical (unpaired) electrons. The van der Waals surface area contributed by atoms with E-state index < -0.39 is 10.0 Å². The molecule has 6 nitrogen and oxygen atoms in total. The van der Waals surface area contributed by atoms with E-state index in [-0.39, 0.29) is 12.1 Å². The molecule has 1 saturated carbocycles. The van der Waals surface area contributed by atoms with Crippen LogP contribution in [0.5, 0.6) is 0 Å². The predicted molar refractivity (Wildman–Crippen MR) is 75.9 cm³/mol. The second-order valence-electron chi connectivity index (χ2n) is 6.19. The summed E-state index contributed by atoms with van der Waals surface area (Å²) < 4.78 is 24.8. The summed E-state index contributed by atoms with van der Waals surface area (Å²) in [7, 11) is -3.15. The molecule has 20 heavy (non-hydrogen) atoms. The van der Waals surface area contributed by atoms with Gasteiger partial charge in [0.25, 0.3) is 0 Å². The van der Waals surface area contributed by atoms with Gasteiger partial charge in [0, 0.05) is 32.2 Å². The lowest BCUT2D eigenvalue weighted by molar-refractivity contribution is 0.151. The summed E-state index contributed by atoms with van der Waals surface area (Å²) in [5.74, 6) is 0. The number of hydrogen-bond donors (Lipinski definition) is 0. The summed E-state index contributed by atoms with van der Waals surface area (Å²) in [6, 6.07) is 0.525. The number of carbonyl (C=O) groups excluding carboxylic acids is 1. The number of fused-ring (bicyclic) bond motifs is 1. The average Bonchev–Trinajstić information content (AvgIpc) is 2.76. The van der Waals surface area contributed by atoms with Crippen molar-refractivity contribution >= 4 is 16.1 Å². The van der Waals surface area contributed by atoms with Gasteiger partial charge in [-0.1, -0.05) is 19.3 Å². The topological polar surface area (TPSA) is 60.9 Å². The fourth-order valence-electron chi connectivity index (χ4n) is 3.70. The van der Waals surface area contributed by atoms with E-state index in [1.807, 2.05) is 9.80 Å². The van der Waals surface area contributed by atoms with Crippen LogP contribution in [0.1, 0.15) is 32.1 Å². The Kier molecular flexibility index (Phi) is 3.66. The SMILES string of the molecule is CS(=O)(=O)N1CCN2C(=O)N(C3CCCCC3)C[C@H]2C1. The minimum Gasteiger partial charge on any atom is -0.320 e. The first-order valence-corrected chi connectivity index (χ1v) is 9.34. The Hall–Kier alpha value is -0.820. The molecule has 3 aliphatic rings. The Balaban J connectivity index is 1.70. The maximum atomic E-state index is 12.5. The van der Waals surface area contributed by atoms with Crippen LogP contribution in [-0.2, 0) is 10.0 Å². The summed E-state index contributed by atoms with van der Waals surface area (Å²) in [5, 5.41) is 0. The van der Waals surface area contributed by atoms with E-state index in [2.05, 4.69) is 0 Å². The molecule has 2 aliphatic heterocycles. The van der Waals surface area contributed by atoms with Crippen molar-refractivity contribution in [1.82, 2.24) is 14.1 Å². The van der Waals surface area contributed by atoms with Gasteiger partial charge in [-0.05, 0) is 12.8 Å². The highest BCUT2D eigenvalue weighted by Crippen LogP contribution is 2.29. The molecule has 3 rings (SSSR count). The summed E-state index contributed by atoms with van der Waals surface area (Å²) in [5.41, 5.74) is 0. The second kappa shape index (κ2) is 5.18. The lowest BCUT2D eigenvalue weighted by atomic mass is 9.94. The van der Waals surface area contributed by atoms with Crippen molar-refractivity contribution in [2.24, 2.45) is 0 Å². The van der Waals surface area contributed by atoms with Crippen LogP contribution < -0.4 is 0 Å². The standard InChI is InChI=1S/C13H23N3O3S/c1-20(18,19)14-7-8-15-12(9-14)10-16(13(15)17)11-5-3-2-4-6-11/h11-12H,2-10H2,1H3/t12-/m1/s1. The monoisotopic (exact) mass is 301 g/mol. The number of sulfonamides is 1. The summed E-state index contributed by atoms with van der Waals surface area (Å²) >= 11 is 0. The highest BCUT2D eigenvalue weighted by Gasteiger charge is 2.44. The van der Waals surface area contributed by atoms with Gasteiger partial charge in [-0.15, -0.1) is 0 Å². The van der Waals surface area contributed by atoms with E-state index in [9.17, 15) is 13.2 Å². The van der Waals surface area contributed by atoms with Crippen LogP contribution in [-0.4, -0.2) is 73.1 Å². The van der Waals surface area contributed by atoms with E-state index in [0.29, 0.717) is 32.2 Å². The van der Waals surface area contributed by atoms with Gasteiger partial charge >= 0.3 is 6.03 Å². The first kappa shape index (κ1) is 14.1. The molecule has 0 N–H and O–H groups in total. The maximum Gasteiger partial charge on any atom is 0.320 e. The van der Waals surface area contributed by atoms with E-state index in [1.165, 1.54) is 29.8 Å². The number of rotatable bonds is 2. The van der Waals surface area contributed by atoms with Crippen LogP contribution in [0.15, 0.2) is 0 Å². The summed E-state index contributed by atoms with van der Waals surface area (Å²) in [4.78, 5) is 16.3. The fraction of sp³-hybridized carbons (Fsp3) is 0.923. The zero-order valence-electron chi connectivity index (χ0n) is 12.0. The third-order valence-corrected chi connectivity index (χ3v) is 6.10. The number of urea groups is 1. The predicted octanol–water partition coefficient (Wildman–Crippen LogP) is 0.701. The van der Waals surface area contributed by atoms with Gasteiger partial charge in [0.2, 0.25) is 10.0 Å². The molecule has 0 unspecified atom stereocenters. The Morgan fingerprint density at radius 3 is 2.30 bits per heavy atom. The maximum absolute atomic E-state index is 12.5. The normalized spacial score (nSPS) is 29.9. The Labute approximate surface area is 120 Å². The molecule has 0 aromatic heterocycles. The second-order valence-corrected chi connectivity index (χ2v) is 8.18. The largest absolute Gasteiger partial charge is 0.320 e. The quantitative estimate of drug-likeness (QED) is 0.754. The molecule has 3 fully saturated rings. The molecule has 2 heterocycles. The lowest BCUT2D eigenvalue weighted by Crippen LogP contribution is -2.53. The van der Waals surface area contributed by atoms with Crippen molar-refractivity contribution in [3.63, 3.8) is 0 Å². The zero-order chi connectivity index (χ0) is 14.3. The molecule has 0 spiro atoms. The zero-order valence-corrected chi connectivity index (χ0v) is 12.8. The van der Waals surface area contributed by atoms with Crippen molar-refractivity contribution in [3.05, 3.63) is 0 Å². The summed E-state index contributed by atoms with van der Waals surface area (Å²) in [6.45, 7) is 2.10.